The van der Waals surface area contributed by atoms with Gasteiger partial charge in [-0.1, -0.05) is 19.9 Å². The molecule has 0 saturated carbocycles. The van der Waals surface area contributed by atoms with Crippen LogP contribution in [0.3, 0.4) is 0 Å². The highest BCUT2D eigenvalue weighted by Crippen LogP contribution is 2.23. The van der Waals surface area contributed by atoms with Gasteiger partial charge in [0.05, 0.1) is 15.7 Å². The van der Waals surface area contributed by atoms with Crippen molar-refractivity contribution >= 4 is 21.6 Å². The number of nitrogens with one attached hydrogen (secondary N) is 1. The van der Waals surface area contributed by atoms with E-state index in [9.17, 15) is 0 Å². The molecule has 0 spiro atoms. The van der Waals surface area contributed by atoms with Gasteiger partial charge in [0.25, 0.3) is 0 Å². The maximum atomic E-state index is 4.35. The van der Waals surface area contributed by atoms with Crippen LogP contribution in [-0.2, 0) is 0 Å². The summed E-state index contributed by atoms with van der Waals surface area (Å²) in [6.07, 6.45) is 1.11. The van der Waals surface area contributed by atoms with Crippen LogP contribution in [0.5, 0.6) is 0 Å². The van der Waals surface area contributed by atoms with E-state index in [0.717, 1.165) is 18.5 Å². The Morgan fingerprint density at radius 2 is 2.27 bits per heavy atom. The van der Waals surface area contributed by atoms with Gasteiger partial charge in [-0.05, 0) is 30.7 Å². The average molecular weight is 220 g/mol. The van der Waals surface area contributed by atoms with Crippen molar-refractivity contribution in [3.8, 4) is 0 Å². The summed E-state index contributed by atoms with van der Waals surface area (Å²) in [4.78, 5) is 4.35. The molecule has 0 amide bonds. The molecule has 0 aliphatic carbocycles. The third kappa shape index (κ3) is 2.19. The van der Waals surface area contributed by atoms with E-state index in [4.69, 9.17) is 0 Å². The first-order valence-corrected chi connectivity index (χ1v) is 6.29. The molecule has 1 aromatic heterocycles. The first kappa shape index (κ1) is 10.6. The summed E-state index contributed by atoms with van der Waals surface area (Å²) >= 11 is 1.70. The quantitative estimate of drug-likeness (QED) is 0.854. The maximum absolute atomic E-state index is 4.35. The van der Waals surface area contributed by atoms with Gasteiger partial charge in [-0.2, -0.15) is 0 Å². The van der Waals surface area contributed by atoms with Crippen LogP contribution in [-0.4, -0.2) is 11.5 Å². The topological polar surface area (TPSA) is 24.9 Å². The Bertz CT molecular complexity index is 436. The van der Waals surface area contributed by atoms with Crippen LogP contribution in [0.15, 0.2) is 23.7 Å². The molecule has 1 heterocycles. The predicted molar refractivity (Wildman–Crippen MR) is 66.3 cm³/mol. The highest BCUT2D eigenvalue weighted by Gasteiger charge is 2.08. The fourth-order valence-corrected chi connectivity index (χ4v) is 2.49. The van der Waals surface area contributed by atoms with E-state index in [2.05, 4.69) is 42.3 Å². The van der Waals surface area contributed by atoms with Gasteiger partial charge in [-0.15, -0.1) is 11.3 Å². The van der Waals surface area contributed by atoms with E-state index in [1.807, 2.05) is 5.51 Å². The molecule has 2 nitrogen and oxygen atoms in total. The number of nitrogens with zero attached hydrogens (tertiary/aromatic N) is 1. The Kier molecular flexibility index (Phi) is 3.34. The highest BCUT2D eigenvalue weighted by molar-refractivity contribution is 7.16. The zero-order valence-corrected chi connectivity index (χ0v) is 9.97. The second-order valence-electron chi connectivity index (χ2n) is 3.60. The second-order valence-corrected chi connectivity index (χ2v) is 4.48. The fourth-order valence-electron chi connectivity index (χ4n) is 1.84. The molecule has 3 heteroatoms. The van der Waals surface area contributed by atoms with Gasteiger partial charge >= 0.3 is 0 Å². The van der Waals surface area contributed by atoms with Crippen LogP contribution in [0.4, 0.5) is 0 Å². The molecule has 15 heavy (non-hydrogen) atoms. The van der Waals surface area contributed by atoms with E-state index >= 15 is 0 Å². The molecule has 1 aromatic carbocycles. The second kappa shape index (κ2) is 4.73. The van der Waals surface area contributed by atoms with Crippen molar-refractivity contribution in [1.82, 2.24) is 10.3 Å². The average Bonchev–Trinajstić information content (AvgIpc) is 2.72. The number of benzene rings is 1. The van der Waals surface area contributed by atoms with Crippen molar-refractivity contribution in [3.63, 3.8) is 0 Å². The lowest BCUT2D eigenvalue weighted by molar-refractivity contribution is 0.538. The Morgan fingerprint density at radius 1 is 1.40 bits per heavy atom. The number of thiazole rings is 1. The van der Waals surface area contributed by atoms with Crippen molar-refractivity contribution in [2.24, 2.45) is 0 Å². The van der Waals surface area contributed by atoms with Crippen LogP contribution >= 0.6 is 11.3 Å². The first-order chi connectivity index (χ1) is 7.35. The summed E-state index contributed by atoms with van der Waals surface area (Å²) in [5.41, 5.74) is 4.37. The summed E-state index contributed by atoms with van der Waals surface area (Å²) in [5, 5.41) is 3.48. The molecule has 0 radical (unpaired) electrons. The van der Waals surface area contributed by atoms with Crippen molar-refractivity contribution in [2.75, 3.05) is 6.54 Å². The minimum atomic E-state index is 0.459. The highest BCUT2D eigenvalue weighted by atomic mass is 32.1. The lowest BCUT2D eigenvalue weighted by atomic mass is 10.0. The summed E-state index contributed by atoms with van der Waals surface area (Å²) < 4.78 is 1.27. The van der Waals surface area contributed by atoms with E-state index in [1.165, 1.54) is 10.3 Å². The molecule has 0 fully saturated rings. The Hall–Kier alpha value is -0.930. The van der Waals surface area contributed by atoms with Gasteiger partial charge in [0, 0.05) is 6.04 Å². The molecular formula is C12H16N2S. The number of hydrogen-bond acceptors (Lipinski definition) is 3. The zero-order valence-electron chi connectivity index (χ0n) is 9.16. The lowest BCUT2D eigenvalue weighted by Crippen LogP contribution is -2.19. The van der Waals surface area contributed by atoms with Crippen molar-refractivity contribution < 1.29 is 0 Å². The van der Waals surface area contributed by atoms with Gasteiger partial charge in [-0.25, -0.2) is 4.98 Å². The lowest BCUT2D eigenvalue weighted by Gasteiger charge is -2.15. The summed E-state index contributed by atoms with van der Waals surface area (Å²) in [7, 11) is 0. The Balaban J connectivity index is 2.33. The minimum Gasteiger partial charge on any atom is -0.310 e. The van der Waals surface area contributed by atoms with Crippen LogP contribution in [0.2, 0.25) is 0 Å². The van der Waals surface area contributed by atoms with Gasteiger partial charge in [0.15, 0.2) is 0 Å². The van der Waals surface area contributed by atoms with Crippen molar-refractivity contribution in [2.45, 2.75) is 26.3 Å². The number of rotatable bonds is 4. The number of aromatic nitrogens is 1. The largest absolute Gasteiger partial charge is 0.310 e. The molecule has 2 rings (SSSR count). The Labute approximate surface area is 94.3 Å². The normalized spacial score (nSPS) is 13.2. The molecule has 0 bridgehead atoms. The van der Waals surface area contributed by atoms with Crippen molar-refractivity contribution in [3.05, 3.63) is 29.3 Å². The summed E-state index contributed by atoms with van der Waals surface area (Å²) in [6.45, 7) is 5.36. The minimum absolute atomic E-state index is 0.459. The van der Waals surface area contributed by atoms with E-state index in [-0.39, 0.29) is 0 Å². The molecule has 0 aliphatic heterocycles. The van der Waals surface area contributed by atoms with Crippen LogP contribution in [0.1, 0.15) is 31.9 Å². The third-order valence-electron chi connectivity index (χ3n) is 2.62. The predicted octanol–water partition coefficient (Wildman–Crippen LogP) is 3.36. The van der Waals surface area contributed by atoms with Crippen molar-refractivity contribution in [1.29, 1.82) is 0 Å². The molecular weight excluding hydrogens is 204 g/mol. The van der Waals surface area contributed by atoms with Gasteiger partial charge in [0.2, 0.25) is 0 Å². The molecule has 2 aromatic rings. The van der Waals surface area contributed by atoms with Crippen LogP contribution in [0, 0.1) is 0 Å². The summed E-state index contributed by atoms with van der Waals surface area (Å²) in [6, 6.07) is 7.03. The van der Waals surface area contributed by atoms with E-state index in [0.29, 0.717) is 6.04 Å². The SMILES string of the molecule is CCNC(CC)c1ccc2scnc2c1. The number of fused-ring (bicyclic) bond motifs is 1. The van der Waals surface area contributed by atoms with Crippen LogP contribution < -0.4 is 5.32 Å². The number of hydrogen-bond donors (Lipinski definition) is 1. The van der Waals surface area contributed by atoms with Crippen LogP contribution in [0.25, 0.3) is 10.2 Å². The first-order valence-electron chi connectivity index (χ1n) is 5.41. The zero-order chi connectivity index (χ0) is 10.7. The third-order valence-corrected chi connectivity index (χ3v) is 3.43. The molecule has 1 N–H and O–H groups in total. The smallest absolute Gasteiger partial charge is 0.0815 e. The van der Waals surface area contributed by atoms with E-state index < -0.39 is 0 Å². The molecule has 1 unspecified atom stereocenters. The monoisotopic (exact) mass is 220 g/mol. The maximum Gasteiger partial charge on any atom is 0.0815 e. The molecule has 0 aliphatic rings. The van der Waals surface area contributed by atoms with Gasteiger partial charge in [-0.3, -0.25) is 0 Å². The Morgan fingerprint density at radius 3 is 3.00 bits per heavy atom. The van der Waals surface area contributed by atoms with Gasteiger partial charge in [0.1, 0.15) is 0 Å². The molecule has 1 atom stereocenters. The molecule has 0 saturated heterocycles. The van der Waals surface area contributed by atoms with Gasteiger partial charge < -0.3 is 5.32 Å². The standard InChI is InChI=1S/C12H16N2S/c1-3-10(13-4-2)9-5-6-12-11(7-9)14-8-15-12/h5-8,10,13H,3-4H2,1-2H3. The fraction of sp³-hybridized carbons (Fsp3) is 0.417. The molecule has 80 valence electrons. The summed E-state index contributed by atoms with van der Waals surface area (Å²) in [5.74, 6) is 0. The van der Waals surface area contributed by atoms with E-state index in [1.54, 1.807) is 11.3 Å².